The molecule has 0 spiro atoms. The van der Waals surface area contributed by atoms with E-state index in [1.807, 2.05) is 40.8 Å². The molecular weight excluding hydrogens is 422 g/mol. The summed E-state index contributed by atoms with van der Waals surface area (Å²) in [6, 6.07) is 7.07. The van der Waals surface area contributed by atoms with Crippen molar-refractivity contribution in [3.8, 4) is 11.5 Å². The Morgan fingerprint density at radius 3 is 2.61 bits per heavy atom. The lowest BCUT2D eigenvalue weighted by molar-refractivity contribution is -0.116. The highest BCUT2D eigenvalue weighted by molar-refractivity contribution is 6.08. The SMILES string of the molecule is CCN(CC(=O)Nc1ccc2c(c1)OCCO2)C(=O)c1cc(C(C)C)nc2c1c(C)nn2C. The summed E-state index contributed by atoms with van der Waals surface area (Å²) in [7, 11) is 1.82. The molecule has 1 aliphatic rings. The van der Waals surface area contributed by atoms with Crippen molar-refractivity contribution >= 4 is 28.5 Å². The van der Waals surface area contributed by atoms with Gasteiger partial charge in [0.1, 0.15) is 19.8 Å². The number of likely N-dealkylation sites (N-methyl/N-ethyl adjacent to an activating group) is 1. The van der Waals surface area contributed by atoms with Crippen molar-refractivity contribution in [2.24, 2.45) is 7.05 Å². The smallest absolute Gasteiger partial charge is 0.255 e. The normalized spacial score (nSPS) is 12.8. The summed E-state index contributed by atoms with van der Waals surface area (Å²) in [6.07, 6.45) is 0. The lowest BCUT2D eigenvalue weighted by Gasteiger charge is -2.22. The van der Waals surface area contributed by atoms with Gasteiger partial charge in [-0.2, -0.15) is 5.10 Å². The molecule has 0 radical (unpaired) electrons. The molecule has 0 saturated heterocycles. The maximum absolute atomic E-state index is 13.6. The van der Waals surface area contributed by atoms with E-state index in [2.05, 4.69) is 10.4 Å². The second kappa shape index (κ2) is 9.09. The number of ether oxygens (including phenoxy) is 2. The van der Waals surface area contributed by atoms with E-state index in [9.17, 15) is 9.59 Å². The quantitative estimate of drug-likeness (QED) is 0.618. The van der Waals surface area contributed by atoms with Crippen molar-refractivity contribution < 1.29 is 19.1 Å². The van der Waals surface area contributed by atoms with Crippen LogP contribution in [0.15, 0.2) is 24.3 Å². The summed E-state index contributed by atoms with van der Waals surface area (Å²) < 4.78 is 12.8. The Bertz CT molecular complexity index is 1220. The zero-order valence-electron chi connectivity index (χ0n) is 19.6. The number of pyridine rings is 1. The van der Waals surface area contributed by atoms with Crippen LogP contribution < -0.4 is 14.8 Å². The summed E-state index contributed by atoms with van der Waals surface area (Å²) in [5.74, 6) is 0.873. The first-order chi connectivity index (χ1) is 15.8. The van der Waals surface area contributed by atoms with E-state index in [4.69, 9.17) is 14.5 Å². The molecule has 2 aromatic heterocycles. The Hall–Kier alpha value is -3.62. The highest BCUT2D eigenvalue weighted by atomic mass is 16.6. The summed E-state index contributed by atoms with van der Waals surface area (Å²) in [4.78, 5) is 32.6. The minimum absolute atomic E-state index is 0.0795. The summed E-state index contributed by atoms with van der Waals surface area (Å²) in [5, 5.41) is 8.02. The zero-order chi connectivity index (χ0) is 23.7. The van der Waals surface area contributed by atoms with Crippen LogP contribution in [0.4, 0.5) is 5.69 Å². The van der Waals surface area contributed by atoms with Gasteiger partial charge in [-0.05, 0) is 38.0 Å². The van der Waals surface area contributed by atoms with Crippen LogP contribution in [0, 0.1) is 6.92 Å². The molecule has 33 heavy (non-hydrogen) atoms. The Labute approximate surface area is 192 Å². The summed E-state index contributed by atoms with van der Waals surface area (Å²) in [5.41, 5.74) is 3.31. The second-order valence-corrected chi connectivity index (χ2v) is 8.38. The number of amides is 2. The number of nitrogens with one attached hydrogen (secondary N) is 1. The minimum atomic E-state index is -0.292. The molecule has 0 unspecified atom stereocenters. The first-order valence-electron chi connectivity index (χ1n) is 11.1. The van der Waals surface area contributed by atoms with E-state index in [0.717, 1.165) is 16.8 Å². The number of benzene rings is 1. The molecule has 3 heterocycles. The fourth-order valence-electron chi connectivity index (χ4n) is 3.92. The maximum Gasteiger partial charge on any atom is 0.255 e. The van der Waals surface area contributed by atoms with E-state index in [1.54, 1.807) is 22.9 Å². The number of carbonyl (C=O) groups is 2. The first-order valence-corrected chi connectivity index (χ1v) is 11.1. The minimum Gasteiger partial charge on any atom is -0.486 e. The van der Waals surface area contributed by atoms with Crippen LogP contribution in [0.3, 0.4) is 0 Å². The molecule has 0 saturated carbocycles. The predicted octanol–water partition coefficient (Wildman–Crippen LogP) is 3.27. The third-order valence-electron chi connectivity index (χ3n) is 5.64. The molecule has 0 fully saturated rings. The van der Waals surface area contributed by atoms with Crippen molar-refractivity contribution in [2.45, 2.75) is 33.6 Å². The van der Waals surface area contributed by atoms with Gasteiger partial charge < -0.3 is 19.7 Å². The molecule has 1 N–H and O–H groups in total. The number of anilines is 1. The average Bonchev–Trinajstić information content (AvgIpc) is 3.09. The highest BCUT2D eigenvalue weighted by Gasteiger charge is 2.24. The second-order valence-electron chi connectivity index (χ2n) is 8.38. The van der Waals surface area contributed by atoms with Gasteiger partial charge in [-0.3, -0.25) is 14.3 Å². The molecule has 174 valence electrons. The molecule has 1 aromatic carbocycles. The molecular formula is C24H29N5O4. The van der Waals surface area contributed by atoms with Crippen molar-refractivity contribution in [3.63, 3.8) is 0 Å². The van der Waals surface area contributed by atoms with Crippen molar-refractivity contribution in [1.29, 1.82) is 0 Å². The number of rotatable bonds is 6. The first kappa shape index (κ1) is 22.6. The monoisotopic (exact) mass is 451 g/mol. The number of hydrogen-bond acceptors (Lipinski definition) is 6. The Balaban J connectivity index is 1.57. The number of hydrogen-bond donors (Lipinski definition) is 1. The van der Waals surface area contributed by atoms with Gasteiger partial charge in [-0.1, -0.05) is 13.8 Å². The Morgan fingerprint density at radius 1 is 1.18 bits per heavy atom. The van der Waals surface area contributed by atoms with Crippen molar-refractivity contribution in [3.05, 3.63) is 41.2 Å². The van der Waals surface area contributed by atoms with Gasteiger partial charge in [0.05, 0.1) is 16.6 Å². The van der Waals surface area contributed by atoms with Crippen LogP contribution in [0.2, 0.25) is 0 Å². The fraction of sp³-hybridized carbons (Fsp3) is 0.417. The van der Waals surface area contributed by atoms with Gasteiger partial charge in [-0.15, -0.1) is 0 Å². The standard InChI is InChI=1S/C24H29N5O4/c1-6-29(13-21(30)25-16-7-8-19-20(11-16)33-10-9-32-19)24(31)17-12-18(14(2)3)26-23-22(17)15(4)27-28(23)5/h7-8,11-12,14H,6,9-10,13H2,1-5H3,(H,25,30). The largest absolute Gasteiger partial charge is 0.486 e. The van der Waals surface area contributed by atoms with Gasteiger partial charge in [-0.25, -0.2) is 4.98 Å². The lowest BCUT2D eigenvalue weighted by Crippen LogP contribution is -2.38. The summed E-state index contributed by atoms with van der Waals surface area (Å²) >= 11 is 0. The van der Waals surface area contributed by atoms with E-state index in [-0.39, 0.29) is 24.3 Å². The van der Waals surface area contributed by atoms with Gasteiger partial charge in [0.25, 0.3) is 5.91 Å². The molecule has 1 aliphatic heterocycles. The van der Waals surface area contributed by atoms with Crippen LogP contribution in [0.1, 0.15) is 48.4 Å². The van der Waals surface area contributed by atoms with E-state index >= 15 is 0 Å². The van der Waals surface area contributed by atoms with Crippen LogP contribution in [-0.2, 0) is 11.8 Å². The lowest BCUT2D eigenvalue weighted by atomic mass is 10.0. The number of aryl methyl sites for hydroxylation is 2. The van der Waals surface area contributed by atoms with Gasteiger partial charge in [0.15, 0.2) is 17.1 Å². The third-order valence-corrected chi connectivity index (χ3v) is 5.64. The maximum atomic E-state index is 13.6. The highest BCUT2D eigenvalue weighted by Crippen LogP contribution is 2.32. The van der Waals surface area contributed by atoms with Crippen LogP contribution in [0.25, 0.3) is 11.0 Å². The van der Waals surface area contributed by atoms with Crippen LogP contribution >= 0.6 is 0 Å². The molecule has 2 amide bonds. The van der Waals surface area contributed by atoms with Gasteiger partial charge in [0, 0.05) is 31.0 Å². The van der Waals surface area contributed by atoms with Crippen LogP contribution in [0.5, 0.6) is 11.5 Å². The van der Waals surface area contributed by atoms with E-state index in [1.165, 1.54) is 4.90 Å². The topological polar surface area (TPSA) is 98.6 Å². The molecule has 0 atom stereocenters. The number of nitrogens with zero attached hydrogens (tertiary/aromatic N) is 4. The molecule has 9 nitrogen and oxygen atoms in total. The Morgan fingerprint density at radius 2 is 1.91 bits per heavy atom. The van der Waals surface area contributed by atoms with Gasteiger partial charge >= 0.3 is 0 Å². The Kier molecular flexibility index (Phi) is 6.22. The molecule has 0 bridgehead atoms. The zero-order valence-corrected chi connectivity index (χ0v) is 19.6. The van der Waals surface area contributed by atoms with Gasteiger partial charge in [0.2, 0.25) is 5.91 Å². The van der Waals surface area contributed by atoms with E-state index in [0.29, 0.717) is 48.2 Å². The predicted molar refractivity (Wildman–Crippen MR) is 125 cm³/mol. The number of aromatic nitrogens is 3. The summed E-state index contributed by atoms with van der Waals surface area (Å²) in [6.45, 7) is 9.05. The molecule has 4 rings (SSSR count). The molecule has 9 heteroatoms. The number of fused-ring (bicyclic) bond motifs is 2. The van der Waals surface area contributed by atoms with Crippen molar-refractivity contribution in [1.82, 2.24) is 19.7 Å². The fourth-order valence-corrected chi connectivity index (χ4v) is 3.92. The number of carbonyl (C=O) groups excluding carboxylic acids is 2. The average molecular weight is 452 g/mol. The van der Waals surface area contributed by atoms with Crippen LogP contribution in [-0.4, -0.2) is 57.8 Å². The van der Waals surface area contributed by atoms with E-state index < -0.39 is 0 Å². The molecule has 0 aliphatic carbocycles. The third kappa shape index (κ3) is 4.48. The van der Waals surface area contributed by atoms with Crippen molar-refractivity contribution in [2.75, 3.05) is 31.6 Å². The molecule has 3 aromatic rings.